The molecular formula is C22H22N4O2. The van der Waals surface area contributed by atoms with Gasteiger partial charge in [0.15, 0.2) is 0 Å². The Bertz CT molecular complexity index is 923. The lowest BCUT2D eigenvalue weighted by atomic mass is 10.2. The van der Waals surface area contributed by atoms with Gasteiger partial charge in [0.2, 0.25) is 0 Å². The number of aromatic nitrogens is 1. The van der Waals surface area contributed by atoms with E-state index in [0.29, 0.717) is 24.6 Å². The molecule has 3 aromatic rings. The van der Waals surface area contributed by atoms with Gasteiger partial charge in [-0.15, -0.1) is 0 Å². The van der Waals surface area contributed by atoms with Gasteiger partial charge in [0.05, 0.1) is 30.2 Å². The Labute approximate surface area is 164 Å². The van der Waals surface area contributed by atoms with E-state index in [0.717, 1.165) is 30.2 Å². The Kier molecular flexibility index (Phi) is 5.49. The highest BCUT2D eigenvalue weighted by molar-refractivity contribution is 6.05. The van der Waals surface area contributed by atoms with E-state index in [1.807, 2.05) is 54.6 Å². The van der Waals surface area contributed by atoms with Gasteiger partial charge in [-0.05, 0) is 36.4 Å². The number of nitrogens with zero attached hydrogens (tertiary/aromatic N) is 2. The summed E-state index contributed by atoms with van der Waals surface area (Å²) < 4.78 is 5.42. The van der Waals surface area contributed by atoms with Gasteiger partial charge in [-0.2, -0.15) is 0 Å². The summed E-state index contributed by atoms with van der Waals surface area (Å²) in [6.07, 6.45) is 1.58. The lowest BCUT2D eigenvalue weighted by molar-refractivity contribution is 0.102. The standard InChI is InChI=1S/C22H22N4O2/c27-22(17-10-11-21(23-16-17)24-18-6-2-1-3-7-18)25-19-8-4-5-9-20(19)26-12-14-28-15-13-26/h1-11,16H,12-15H2,(H,23,24)(H,25,27). The van der Waals surface area contributed by atoms with E-state index < -0.39 is 0 Å². The van der Waals surface area contributed by atoms with Crippen molar-refractivity contribution in [3.63, 3.8) is 0 Å². The summed E-state index contributed by atoms with van der Waals surface area (Å²) in [4.78, 5) is 19.3. The van der Waals surface area contributed by atoms with Crippen LogP contribution in [0, 0.1) is 0 Å². The fourth-order valence-corrected chi connectivity index (χ4v) is 3.13. The Morgan fingerprint density at radius 1 is 0.929 bits per heavy atom. The SMILES string of the molecule is O=C(Nc1ccccc1N1CCOCC1)c1ccc(Nc2ccccc2)nc1. The molecule has 0 bridgehead atoms. The lowest BCUT2D eigenvalue weighted by Crippen LogP contribution is -2.36. The van der Waals surface area contributed by atoms with Crippen molar-refractivity contribution in [2.75, 3.05) is 41.8 Å². The minimum absolute atomic E-state index is 0.181. The van der Waals surface area contributed by atoms with Gasteiger partial charge < -0.3 is 20.3 Å². The van der Waals surface area contributed by atoms with Crippen LogP contribution in [0.25, 0.3) is 0 Å². The monoisotopic (exact) mass is 374 g/mol. The van der Waals surface area contributed by atoms with E-state index in [2.05, 4.69) is 20.5 Å². The first-order valence-corrected chi connectivity index (χ1v) is 9.31. The van der Waals surface area contributed by atoms with Crippen molar-refractivity contribution in [2.24, 2.45) is 0 Å². The maximum absolute atomic E-state index is 12.7. The van der Waals surface area contributed by atoms with Gasteiger partial charge in [-0.3, -0.25) is 4.79 Å². The van der Waals surface area contributed by atoms with Crippen molar-refractivity contribution in [1.82, 2.24) is 4.98 Å². The Hall–Kier alpha value is -3.38. The molecule has 1 aliphatic heterocycles. The van der Waals surface area contributed by atoms with Crippen LogP contribution in [0.4, 0.5) is 22.9 Å². The molecule has 1 aliphatic rings. The molecule has 1 aromatic heterocycles. The van der Waals surface area contributed by atoms with Crippen LogP contribution in [0.5, 0.6) is 0 Å². The molecule has 6 heteroatoms. The van der Waals surface area contributed by atoms with Crippen molar-refractivity contribution >= 4 is 28.8 Å². The lowest BCUT2D eigenvalue weighted by Gasteiger charge is -2.30. The third-order valence-corrected chi connectivity index (χ3v) is 4.58. The molecular weight excluding hydrogens is 352 g/mol. The van der Waals surface area contributed by atoms with Crippen molar-refractivity contribution < 1.29 is 9.53 Å². The molecule has 1 fully saturated rings. The smallest absolute Gasteiger partial charge is 0.257 e. The zero-order valence-corrected chi connectivity index (χ0v) is 15.5. The number of morpholine rings is 1. The van der Waals surface area contributed by atoms with Crippen LogP contribution in [0.15, 0.2) is 72.9 Å². The molecule has 2 heterocycles. The molecule has 142 valence electrons. The first-order chi connectivity index (χ1) is 13.8. The molecule has 1 amide bonds. The van der Waals surface area contributed by atoms with Crippen molar-refractivity contribution in [1.29, 1.82) is 0 Å². The Morgan fingerprint density at radius 2 is 1.68 bits per heavy atom. The number of benzene rings is 2. The molecule has 1 saturated heterocycles. The summed E-state index contributed by atoms with van der Waals surface area (Å²) >= 11 is 0. The zero-order valence-electron chi connectivity index (χ0n) is 15.5. The number of carbonyl (C=O) groups excluding carboxylic acids is 1. The van der Waals surface area contributed by atoms with Crippen LogP contribution in [0.1, 0.15) is 10.4 Å². The van der Waals surface area contributed by atoms with Gasteiger partial charge in [0.25, 0.3) is 5.91 Å². The maximum Gasteiger partial charge on any atom is 0.257 e. The summed E-state index contributed by atoms with van der Waals surface area (Å²) in [5, 5.41) is 6.22. The molecule has 2 N–H and O–H groups in total. The van der Waals surface area contributed by atoms with Gasteiger partial charge in [0.1, 0.15) is 5.82 Å². The Balaban J connectivity index is 1.45. The molecule has 4 rings (SSSR count). The van der Waals surface area contributed by atoms with E-state index in [-0.39, 0.29) is 5.91 Å². The number of para-hydroxylation sites is 3. The second-order valence-electron chi connectivity index (χ2n) is 6.49. The van der Waals surface area contributed by atoms with E-state index in [9.17, 15) is 4.79 Å². The van der Waals surface area contributed by atoms with Crippen LogP contribution in [0.3, 0.4) is 0 Å². The highest BCUT2D eigenvalue weighted by Crippen LogP contribution is 2.27. The minimum atomic E-state index is -0.181. The molecule has 0 atom stereocenters. The van der Waals surface area contributed by atoms with Crippen LogP contribution >= 0.6 is 0 Å². The first-order valence-electron chi connectivity index (χ1n) is 9.31. The number of amides is 1. The summed E-state index contributed by atoms with van der Waals surface area (Å²) in [5.74, 6) is 0.510. The van der Waals surface area contributed by atoms with E-state index in [1.165, 1.54) is 0 Å². The molecule has 0 unspecified atom stereocenters. The average molecular weight is 374 g/mol. The number of nitrogens with one attached hydrogen (secondary N) is 2. The van der Waals surface area contributed by atoms with Gasteiger partial charge in [-0.25, -0.2) is 4.98 Å². The van der Waals surface area contributed by atoms with Crippen LogP contribution in [0.2, 0.25) is 0 Å². The summed E-state index contributed by atoms with van der Waals surface area (Å²) in [5.41, 5.74) is 3.26. The van der Waals surface area contributed by atoms with E-state index in [1.54, 1.807) is 18.3 Å². The van der Waals surface area contributed by atoms with Gasteiger partial charge >= 0.3 is 0 Å². The molecule has 0 spiro atoms. The van der Waals surface area contributed by atoms with Crippen molar-refractivity contribution in [3.05, 3.63) is 78.5 Å². The largest absolute Gasteiger partial charge is 0.378 e. The molecule has 0 radical (unpaired) electrons. The molecule has 2 aromatic carbocycles. The third-order valence-electron chi connectivity index (χ3n) is 4.58. The number of anilines is 4. The fourth-order valence-electron chi connectivity index (χ4n) is 3.13. The highest BCUT2D eigenvalue weighted by Gasteiger charge is 2.16. The number of rotatable bonds is 5. The van der Waals surface area contributed by atoms with Crippen LogP contribution in [-0.4, -0.2) is 37.2 Å². The quantitative estimate of drug-likeness (QED) is 0.709. The normalized spacial score (nSPS) is 13.8. The van der Waals surface area contributed by atoms with Crippen molar-refractivity contribution in [2.45, 2.75) is 0 Å². The van der Waals surface area contributed by atoms with Gasteiger partial charge in [-0.1, -0.05) is 30.3 Å². The zero-order chi connectivity index (χ0) is 19.2. The van der Waals surface area contributed by atoms with Crippen molar-refractivity contribution in [3.8, 4) is 0 Å². The second kappa shape index (κ2) is 8.54. The van der Waals surface area contributed by atoms with Crippen LogP contribution in [-0.2, 0) is 4.74 Å². The fraction of sp³-hybridized carbons (Fsp3) is 0.182. The second-order valence-corrected chi connectivity index (χ2v) is 6.49. The predicted octanol–water partition coefficient (Wildman–Crippen LogP) is 3.91. The third kappa shape index (κ3) is 4.29. The molecule has 0 aliphatic carbocycles. The highest BCUT2D eigenvalue weighted by atomic mass is 16.5. The number of carbonyl (C=O) groups is 1. The number of hydrogen-bond acceptors (Lipinski definition) is 5. The summed E-state index contributed by atoms with van der Waals surface area (Å²) in [7, 11) is 0. The predicted molar refractivity (Wildman–Crippen MR) is 111 cm³/mol. The average Bonchev–Trinajstić information content (AvgIpc) is 2.76. The number of hydrogen-bond donors (Lipinski definition) is 2. The molecule has 6 nitrogen and oxygen atoms in total. The van der Waals surface area contributed by atoms with E-state index >= 15 is 0 Å². The Morgan fingerprint density at radius 3 is 2.43 bits per heavy atom. The number of pyridine rings is 1. The topological polar surface area (TPSA) is 66.5 Å². The first kappa shape index (κ1) is 18.0. The molecule has 0 saturated carbocycles. The summed E-state index contributed by atoms with van der Waals surface area (Å²) in [6, 6.07) is 21.2. The number of ether oxygens (including phenoxy) is 1. The van der Waals surface area contributed by atoms with E-state index in [4.69, 9.17) is 4.74 Å². The minimum Gasteiger partial charge on any atom is -0.378 e. The summed E-state index contributed by atoms with van der Waals surface area (Å²) in [6.45, 7) is 3.02. The maximum atomic E-state index is 12.7. The molecule has 28 heavy (non-hydrogen) atoms. The van der Waals surface area contributed by atoms with Crippen LogP contribution < -0.4 is 15.5 Å². The van der Waals surface area contributed by atoms with Gasteiger partial charge in [0, 0.05) is 25.0 Å².